The van der Waals surface area contributed by atoms with Gasteiger partial charge >= 0.3 is 119 Å². The van der Waals surface area contributed by atoms with Gasteiger partial charge in [-0.1, -0.05) is 0 Å². The Morgan fingerprint density at radius 3 is 1.56 bits per heavy atom. The Morgan fingerprint density at radius 1 is 0.889 bits per heavy atom. The van der Waals surface area contributed by atoms with Crippen LogP contribution in [0.1, 0.15) is 65.7 Å². The third-order valence-electron chi connectivity index (χ3n) is 4.19. The van der Waals surface area contributed by atoms with Crippen LogP contribution in [0, 0.1) is 0 Å². The number of aliphatic hydroxyl groups excluding tert-OH is 1. The number of hydrogen-bond acceptors (Lipinski definition) is 1. The van der Waals surface area contributed by atoms with E-state index in [-0.39, 0.29) is 0 Å². The van der Waals surface area contributed by atoms with Gasteiger partial charge in [0.15, 0.2) is 0 Å². The summed E-state index contributed by atoms with van der Waals surface area (Å²) in [5.74, 6) is 0. The molecule has 108 valence electrons. The summed E-state index contributed by atoms with van der Waals surface area (Å²) >= 11 is -2.18. The first-order valence-corrected chi connectivity index (χ1v) is 15.4. The van der Waals surface area contributed by atoms with E-state index >= 15 is 0 Å². The van der Waals surface area contributed by atoms with Crippen molar-refractivity contribution in [3.8, 4) is 0 Å². The van der Waals surface area contributed by atoms with Crippen LogP contribution in [0.5, 0.6) is 0 Å². The van der Waals surface area contributed by atoms with E-state index in [9.17, 15) is 5.11 Å². The van der Waals surface area contributed by atoms with Crippen molar-refractivity contribution in [1.82, 2.24) is 0 Å². The summed E-state index contributed by atoms with van der Waals surface area (Å²) in [6.45, 7) is 11.6. The fourth-order valence-corrected chi connectivity index (χ4v) is 18.7. The van der Waals surface area contributed by atoms with E-state index in [1.54, 1.807) is 0 Å². The third kappa shape index (κ3) is 6.60. The van der Waals surface area contributed by atoms with Crippen molar-refractivity contribution in [3.63, 3.8) is 0 Å². The first kappa shape index (κ1) is 18.5. The van der Waals surface area contributed by atoms with Gasteiger partial charge in [-0.05, 0) is 0 Å². The van der Waals surface area contributed by atoms with E-state index in [4.69, 9.17) is 0 Å². The van der Waals surface area contributed by atoms with Crippen LogP contribution in [0.2, 0.25) is 13.3 Å². The average Bonchev–Trinajstić information content (AvgIpc) is 2.38. The van der Waals surface area contributed by atoms with Crippen molar-refractivity contribution in [2.24, 2.45) is 0 Å². The molecule has 0 fully saturated rings. The number of unbranched alkanes of at least 4 members (excludes halogenated alkanes) is 3. The van der Waals surface area contributed by atoms with Crippen LogP contribution in [-0.2, 0) is 0 Å². The number of aliphatic hydroxyl groups is 1. The van der Waals surface area contributed by atoms with Crippen molar-refractivity contribution in [3.05, 3.63) is 10.2 Å². The maximum absolute atomic E-state index is 9.25. The minimum absolute atomic E-state index is 0.307. The molecule has 0 aliphatic heterocycles. The molecule has 0 unspecified atom stereocenters. The van der Waals surface area contributed by atoms with Crippen LogP contribution in [0.3, 0.4) is 0 Å². The predicted molar refractivity (Wildman–Crippen MR) is 85.7 cm³/mol. The molecule has 0 aromatic rings. The number of hydrogen-bond donors (Lipinski definition) is 1. The molecule has 0 radical (unpaired) electrons. The summed E-state index contributed by atoms with van der Waals surface area (Å²) in [5.41, 5.74) is 0. The summed E-state index contributed by atoms with van der Waals surface area (Å²) < 4.78 is 5.94. The molecule has 0 spiro atoms. The van der Waals surface area contributed by atoms with E-state index in [0.717, 1.165) is 6.42 Å². The van der Waals surface area contributed by atoms with Crippen molar-refractivity contribution in [1.29, 1.82) is 0 Å². The van der Waals surface area contributed by atoms with Gasteiger partial charge in [-0.2, -0.15) is 0 Å². The van der Waals surface area contributed by atoms with Gasteiger partial charge in [-0.15, -0.1) is 0 Å². The minimum atomic E-state index is -2.18. The van der Waals surface area contributed by atoms with Gasteiger partial charge in [0.05, 0.1) is 0 Å². The Balaban J connectivity index is 4.78. The standard InChI is InChI=1S/C4H7O.3C4H9.Sn/c1-2-3-4-5;3*1-3-4-2;/h5H,1,3-4H2;3*1,3-4H2,2H3;. The van der Waals surface area contributed by atoms with Gasteiger partial charge in [-0.25, -0.2) is 0 Å². The molecule has 0 heterocycles. The van der Waals surface area contributed by atoms with Crippen molar-refractivity contribution in [2.45, 2.75) is 79.0 Å². The third-order valence-corrected chi connectivity index (χ3v) is 20.4. The summed E-state index contributed by atoms with van der Waals surface area (Å²) in [5, 5.41) is 9.25. The van der Waals surface area contributed by atoms with Crippen LogP contribution >= 0.6 is 0 Å². The molecule has 0 aliphatic rings. The van der Waals surface area contributed by atoms with Crippen LogP contribution in [0.25, 0.3) is 0 Å². The molecule has 0 aliphatic carbocycles. The molecular weight excluding hydrogens is 327 g/mol. The van der Waals surface area contributed by atoms with Crippen LogP contribution in [0.15, 0.2) is 10.2 Å². The van der Waals surface area contributed by atoms with Gasteiger partial charge in [0.25, 0.3) is 0 Å². The Hall–Kier alpha value is 0.499. The van der Waals surface area contributed by atoms with Gasteiger partial charge in [0.2, 0.25) is 0 Å². The number of rotatable bonds is 12. The van der Waals surface area contributed by atoms with Crippen LogP contribution < -0.4 is 0 Å². The van der Waals surface area contributed by atoms with E-state index in [0.29, 0.717) is 6.61 Å². The molecule has 1 nitrogen and oxygen atoms in total. The Kier molecular flexibility index (Phi) is 11.6. The molecule has 0 aromatic carbocycles. The topological polar surface area (TPSA) is 20.2 Å². The molecule has 0 aromatic heterocycles. The van der Waals surface area contributed by atoms with Crippen LogP contribution in [0.4, 0.5) is 0 Å². The first-order valence-electron chi connectivity index (χ1n) is 7.96. The molecule has 0 bridgehead atoms. The molecular formula is C16H34OSn. The Morgan fingerprint density at radius 2 is 1.28 bits per heavy atom. The van der Waals surface area contributed by atoms with Crippen molar-refractivity contribution in [2.75, 3.05) is 6.61 Å². The van der Waals surface area contributed by atoms with Crippen LogP contribution in [-0.4, -0.2) is 30.1 Å². The fraction of sp³-hybridized carbons (Fsp3) is 0.875. The monoisotopic (exact) mass is 362 g/mol. The fourth-order valence-electron chi connectivity index (χ4n) is 2.85. The molecule has 0 amide bonds. The average molecular weight is 361 g/mol. The molecule has 0 saturated heterocycles. The zero-order chi connectivity index (χ0) is 13.9. The predicted octanol–water partition coefficient (Wildman–Crippen LogP) is 5.31. The summed E-state index contributed by atoms with van der Waals surface area (Å²) in [7, 11) is 0. The van der Waals surface area contributed by atoms with E-state index in [2.05, 4.69) is 27.4 Å². The van der Waals surface area contributed by atoms with E-state index < -0.39 is 18.4 Å². The molecule has 0 saturated carbocycles. The Bertz CT molecular complexity index is 191. The van der Waals surface area contributed by atoms with Gasteiger partial charge < -0.3 is 0 Å². The van der Waals surface area contributed by atoms with E-state index in [1.165, 1.54) is 55.4 Å². The molecule has 1 N–H and O–H groups in total. The quantitative estimate of drug-likeness (QED) is 0.467. The summed E-state index contributed by atoms with van der Waals surface area (Å²) in [4.78, 5) is 0. The van der Waals surface area contributed by atoms with Gasteiger partial charge in [0, 0.05) is 0 Å². The summed E-state index contributed by atoms with van der Waals surface area (Å²) in [6, 6.07) is 0. The second kappa shape index (κ2) is 11.3. The van der Waals surface area contributed by atoms with Gasteiger partial charge in [-0.3, -0.25) is 0 Å². The summed E-state index contributed by atoms with van der Waals surface area (Å²) in [6.07, 6.45) is 8.96. The van der Waals surface area contributed by atoms with Crippen molar-refractivity contribution >= 4 is 18.4 Å². The SMILES string of the molecule is C=[C](CCO)[Sn]([CH2]CCC)([CH2]CCC)[CH2]CCC. The molecule has 0 rings (SSSR count). The molecule has 18 heavy (non-hydrogen) atoms. The Labute approximate surface area is 119 Å². The maximum atomic E-state index is 9.25. The zero-order valence-electron chi connectivity index (χ0n) is 12.9. The second-order valence-corrected chi connectivity index (χ2v) is 19.3. The van der Waals surface area contributed by atoms with Crippen molar-refractivity contribution < 1.29 is 5.11 Å². The van der Waals surface area contributed by atoms with E-state index in [1.807, 2.05) is 0 Å². The zero-order valence-corrected chi connectivity index (χ0v) is 15.8. The second-order valence-electron chi connectivity index (χ2n) is 5.67. The molecule has 0 atom stereocenters. The normalized spacial score (nSPS) is 11.8. The molecule has 2 heteroatoms. The van der Waals surface area contributed by atoms with Gasteiger partial charge in [0.1, 0.15) is 0 Å². The first-order chi connectivity index (χ1) is 8.66.